The molecular formula is C25H21NO5S. The fraction of sp³-hybridized carbons (Fsp3) is 0.120. The summed E-state index contributed by atoms with van der Waals surface area (Å²) in [4.78, 5) is 17.8. The van der Waals surface area contributed by atoms with Gasteiger partial charge >= 0.3 is 0 Å². The van der Waals surface area contributed by atoms with E-state index < -0.39 is 15.6 Å². The Morgan fingerprint density at radius 1 is 0.938 bits per heavy atom. The second-order valence-electron chi connectivity index (χ2n) is 6.99. The summed E-state index contributed by atoms with van der Waals surface area (Å²) in [6.45, 7) is 2.26. The summed E-state index contributed by atoms with van der Waals surface area (Å²) in [5, 5.41) is 0.333. The number of methoxy groups -OCH3 is 1. The molecule has 162 valence electrons. The molecule has 32 heavy (non-hydrogen) atoms. The van der Waals surface area contributed by atoms with Crippen molar-refractivity contribution < 1.29 is 22.7 Å². The molecule has 0 aliphatic rings. The quantitative estimate of drug-likeness (QED) is 0.382. The van der Waals surface area contributed by atoms with Gasteiger partial charge in [-0.05, 0) is 61.5 Å². The number of pyridine rings is 1. The Hall–Kier alpha value is -3.71. The Morgan fingerprint density at radius 3 is 2.28 bits per heavy atom. The highest BCUT2D eigenvalue weighted by Gasteiger charge is 2.28. The summed E-state index contributed by atoms with van der Waals surface area (Å²) >= 11 is 0. The first kappa shape index (κ1) is 21.5. The van der Waals surface area contributed by atoms with Gasteiger partial charge in [0.05, 0.1) is 34.6 Å². The van der Waals surface area contributed by atoms with Crippen LogP contribution in [0.25, 0.3) is 10.9 Å². The van der Waals surface area contributed by atoms with Gasteiger partial charge in [-0.2, -0.15) is 0 Å². The van der Waals surface area contributed by atoms with Gasteiger partial charge in [0.2, 0.25) is 9.84 Å². The molecule has 0 radical (unpaired) electrons. The average molecular weight is 448 g/mol. The van der Waals surface area contributed by atoms with Crippen molar-refractivity contribution in [2.45, 2.75) is 16.7 Å². The lowest BCUT2D eigenvalue weighted by Gasteiger charge is -2.14. The largest absolute Gasteiger partial charge is 0.497 e. The lowest BCUT2D eigenvalue weighted by Crippen LogP contribution is -2.13. The molecule has 0 amide bonds. The number of rotatable bonds is 7. The molecule has 0 saturated carbocycles. The molecule has 4 aromatic rings. The first-order valence-electron chi connectivity index (χ1n) is 10.00. The monoisotopic (exact) mass is 447 g/mol. The van der Waals surface area contributed by atoms with Gasteiger partial charge < -0.3 is 9.47 Å². The number of carbonyl (C=O) groups is 1. The zero-order valence-corrected chi connectivity index (χ0v) is 18.4. The maximum absolute atomic E-state index is 13.7. The van der Waals surface area contributed by atoms with Gasteiger partial charge in [-0.3, -0.25) is 9.78 Å². The smallest absolute Gasteiger partial charge is 0.208 e. The van der Waals surface area contributed by atoms with Crippen LogP contribution in [0.4, 0.5) is 0 Å². The van der Waals surface area contributed by atoms with Gasteiger partial charge in [-0.1, -0.05) is 18.2 Å². The lowest BCUT2D eigenvalue weighted by atomic mass is 10.0. The molecule has 3 aromatic carbocycles. The highest BCUT2D eigenvalue weighted by Crippen LogP contribution is 2.34. The molecule has 0 saturated heterocycles. The molecule has 0 aliphatic carbocycles. The highest BCUT2D eigenvalue weighted by molar-refractivity contribution is 7.91. The zero-order valence-electron chi connectivity index (χ0n) is 17.6. The van der Waals surface area contributed by atoms with Gasteiger partial charge in [0, 0.05) is 17.1 Å². The fourth-order valence-electron chi connectivity index (χ4n) is 3.47. The minimum Gasteiger partial charge on any atom is -0.497 e. The first-order chi connectivity index (χ1) is 15.5. The molecule has 0 fully saturated rings. The van der Waals surface area contributed by atoms with E-state index in [1.807, 2.05) is 6.92 Å². The minimum absolute atomic E-state index is 0.000156. The van der Waals surface area contributed by atoms with Crippen LogP contribution in [-0.4, -0.2) is 32.9 Å². The average Bonchev–Trinajstić information content (AvgIpc) is 2.83. The maximum Gasteiger partial charge on any atom is 0.208 e. The number of benzene rings is 3. The third-order valence-corrected chi connectivity index (χ3v) is 6.89. The molecule has 1 heterocycles. The van der Waals surface area contributed by atoms with Crippen molar-refractivity contribution in [3.8, 4) is 11.5 Å². The van der Waals surface area contributed by atoms with E-state index in [0.717, 1.165) is 0 Å². The minimum atomic E-state index is -4.03. The summed E-state index contributed by atoms with van der Waals surface area (Å²) in [6.07, 6.45) is 1.32. The van der Waals surface area contributed by atoms with Crippen molar-refractivity contribution in [1.82, 2.24) is 4.98 Å². The Balaban J connectivity index is 2.00. The van der Waals surface area contributed by atoms with E-state index >= 15 is 0 Å². The normalized spacial score (nSPS) is 11.3. The number of ketones is 1. The SMILES string of the molecule is CCOc1ccc2ncc(C(=O)c3ccc(OC)cc3)c(S(=O)(=O)c3ccccc3)c2c1. The van der Waals surface area contributed by atoms with Crippen molar-refractivity contribution in [3.05, 3.63) is 90.1 Å². The number of fused-ring (bicyclic) bond motifs is 1. The molecular weight excluding hydrogens is 426 g/mol. The summed E-state index contributed by atoms with van der Waals surface area (Å²) in [7, 11) is -2.50. The van der Waals surface area contributed by atoms with Crippen LogP contribution in [-0.2, 0) is 9.84 Å². The molecule has 0 N–H and O–H groups in total. The van der Waals surface area contributed by atoms with Crippen molar-refractivity contribution in [3.63, 3.8) is 0 Å². The Bertz CT molecular complexity index is 1380. The number of carbonyl (C=O) groups excluding carboxylic acids is 1. The van der Waals surface area contributed by atoms with Crippen LogP contribution in [0.3, 0.4) is 0 Å². The Morgan fingerprint density at radius 2 is 1.62 bits per heavy atom. The van der Waals surface area contributed by atoms with Crippen molar-refractivity contribution in [2.24, 2.45) is 0 Å². The molecule has 4 rings (SSSR count). The predicted molar refractivity (Wildman–Crippen MR) is 121 cm³/mol. The van der Waals surface area contributed by atoms with Gasteiger partial charge in [0.1, 0.15) is 11.5 Å². The van der Waals surface area contributed by atoms with Crippen LogP contribution in [0.15, 0.2) is 88.8 Å². The fourth-order valence-corrected chi connectivity index (χ4v) is 5.11. The molecule has 0 atom stereocenters. The van der Waals surface area contributed by atoms with E-state index in [-0.39, 0.29) is 15.4 Å². The number of hydrogen-bond donors (Lipinski definition) is 0. The standard InChI is InChI=1S/C25H21NO5S/c1-3-31-19-13-14-23-21(15-19)25(32(28,29)20-7-5-4-6-8-20)22(16-26-23)24(27)17-9-11-18(30-2)12-10-17/h4-16H,3H2,1-2H3. The lowest BCUT2D eigenvalue weighted by molar-refractivity contribution is 0.103. The Labute approximate surface area is 186 Å². The third-order valence-electron chi connectivity index (χ3n) is 5.02. The number of ether oxygens (including phenoxy) is 2. The van der Waals surface area contributed by atoms with Crippen LogP contribution in [0.2, 0.25) is 0 Å². The van der Waals surface area contributed by atoms with E-state index in [9.17, 15) is 13.2 Å². The number of hydrogen-bond acceptors (Lipinski definition) is 6. The predicted octanol–water partition coefficient (Wildman–Crippen LogP) is 4.71. The molecule has 0 unspecified atom stereocenters. The zero-order chi connectivity index (χ0) is 22.7. The molecule has 0 spiro atoms. The number of nitrogens with zero attached hydrogens (tertiary/aromatic N) is 1. The second kappa shape index (κ2) is 8.80. The van der Waals surface area contributed by atoms with Crippen LogP contribution in [0, 0.1) is 0 Å². The number of aromatic nitrogens is 1. The third kappa shape index (κ3) is 3.94. The van der Waals surface area contributed by atoms with E-state index in [2.05, 4.69) is 4.98 Å². The van der Waals surface area contributed by atoms with Crippen LogP contribution >= 0.6 is 0 Å². The molecule has 7 heteroatoms. The van der Waals surface area contributed by atoms with Crippen molar-refractivity contribution in [2.75, 3.05) is 13.7 Å². The van der Waals surface area contributed by atoms with Gasteiger partial charge in [0.25, 0.3) is 0 Å². The topological polar surface area (TPSA) is 82.6 Å². The second-order valence-corrected chi connectivity index (χ2v) is 8.87. The highest BCUT2D eigenvalue weighted by atomic mass is 32.2. The summed E-state index contributed by atoms with van der Waals surface area (Å²) in [6, 6.07) is 19.6. The van der Waals surface area contributed by atoms with E-state index in [4.69, 9.17) is 9.47 Å². The van der Waals surface area contributed by atoms with Gasteiger partial charge in [-0.25, -0.2) is 8.42 Å². The summed E-state index contributed by atoms with van der Waals surface area (Å²) < 4.78 is 38.2. The van der Waals surface area contributed by atoms with Crippen molar-refractivity contribution >= 4 is 26.5 Å². The van der Waals surface area contributed by atoms with Crippen LogP contribution in [0.5, 0.6) is 11.5 Å². The molecule has 1 aromatic heterocycles. The maximum atomic E-state index is 13.7. The van der Waals surface area contributed by atoms with E-state index in [0.29, 0.717) is 34.6 Å². The van der Waals surface area contributed by atoms with Gasteiger partial charge in [-0.15, -0.1) is 0 Å². The molecule has 6 nitrogen and oxygen atoms in total. The van der Waals surface area contributed by atoms with Crippen LogP contribution in [0.1, 0.15) is 22.8 Å². The van der Waals surface area contributed by atoms with Crippen molar-refractivity contribution in [1.29, 1.82) is 0 Å². The van der Waals surface area contributed by atoms with Gasteiger partial charge in [0.15, 0.2) is 5.78 Å². The first-order valence-corrected chi connectivity index (χ1v) is 11.5. The molecule has 0 aliphatic heterocycles. The summed E-state index contributed by atoms with van der Waals surface area (Å²) in [5.74, 6) is 0.649. The van der Waals surface area contributed by atoms with Crippen LogP contribution < -0.4 is 9.47 Å². The number of sulfone groups is 1. The summed E-state index contributed by atoms with van der Waals surface area (Å²) in [5.41, 5.74) is 0.784. The Kier molecular flexibility index (Phi) is 5.92. The van der Waals surface area contributed by atoms with E-state index in [1.165, 1.54) is 25.4 Å². The molecule has 0 bridgehead atoms. The van der Waals surface area contributed by atoms with E-state index in [1.54, 1.807) is 60.7 Å².